The van der Waals surface area contributed by atoms with E-state index in [1.54, 1.807) is 12.1 Å². The summed E-state index contributed by atoms with van der Waals surface area (Å²) >= 11 is 0. The minimum absolute atomic E-state index is 0.0191. The average Bonchev–Trinajstić information content (AvgIpc) is 3.32. The Labute approximate surface area is 193 Å². The number of nitrogens with one attached hydrogen (secondary N) is 1. The van der Waals surface area contributed by atoms with Crippen molar-refractivity contribution >= 4 is 11.8 Å². The van der Waals surface area contributed by atoms with Crippen molar-refractivity contribution in [3.63, 3.8) is 0 Å². The Balaban J connectivity index is 1.54. The molecule has 1 fully saturated rings. The Kier molecular flexibility index (Phi) is 5.88. The number of carbonyl (C=O) groups excluding carboxylic acids is 2. The second-order valence-corrected chi connectivity index (χ2v) is 9.29. The zero-order valence-corrected chi connectivity index (χ0v) is 18.8. The molecule has 5 rings (SSSR count). The van der Waals surface area contributed by atoms with Crippen LogP contribution in [0.4, 0.5) is 4.39 Å². The molecule has 0 bridgehead atoms. The van der Waals surface area contributed by atoms with E-state index in [0.29, 0.717) is 29.7 Å². The predicted octanol–water partition coefficient (Wildman–Crippen LogP) is 5.67. The van der Waals surface area contributed by atoms with E-state index in [0.717, 1.165) is 42.5 Å². The van der Waals surface area contributed by atoms with Gasteiger partial charge in [0.05, 0.1) is 5.57 Å². The van der Waals surface area contributed by atoms with Gasteiger partial charge < -0.3 is 10.1 Å². The van der Waals surface area contributed by atoms with E-state index in [1.165, 1.54) is 12.1 Å². The summed E-state index contributed by atoms with van der Waals surface area (Å²) in [7, 11) is 0. The van der Waals surface area contributed by atoms with E-state index in [4.69, 9.17) is 4.74 Å². The van der Waals surface area contributed by atoms with Crippen LogP contribution in [0, 0.1) is 5.82 Å². The summed E-state index contributed by atoms with van der Waals surface area (Å²) < 4.78 is 19.6. The van der Waals surface area contributed by atoms with E-state index >= 15 is 0 Å². The molecule has 0 radical (unpaired) electrons. The average molecular weight is 446 g/mol. The van der Waals surface area contributed by atoms with Crippen molar-refractivity contribution in [1.29, 1.82) is 0 Å². The van der Waals surface area contributed by atoms with Crippen LogP contribution in [0.15, 0.2) is 77.1 Å². The molecule has 2 aromatic rings. The van der Waals surface area contributed by atoms with Gasteiger partial charge in [0.15, 0.2) is 5.78 Å². The van der Waals surface area contributed by atoms with Gasteiger partial charge in [0.1, 0.15) is 11.9 Å². The first-order chi connectivity index (χ1) is 16.0. The normalized spacial score (nSPS) is 23.4. The highest BCUT2D eigenvalue weighted by molar-refractivity contribution is 6.04. The second-order valence-electron chi connectivity index (χ2n) is 9.29. The summed E-state index contributed by atoms with van der Waals surface area (Å²) in [6.07, 6.45) is 4.86. The lowest BCUT2D eigenvalue weighted by molar-refractivity contribution is -0.144. The molecule has 0 spiro atoms. The molecule has 0 saturated heterocycles. The molecule has 3 aliphatic rings. The molecule has 0 aromatic heterocycles. The van der Waals surface area contributed by atoms with Crippen LogP contribution in [0.3, 0.4) is 0 Å². The van der Waals surface area contributed by atoms with Gasteiger partial charge in [-0.1, -0.05) is 42.5 Å². The van der Waals surface area contributed by atoms with Gasteiger partial charge in [-0.25, -0.2) is 9.18 Å². The lowest BCUT2D eigenvalue weighted by Crippen LogP contribution is -2.36. The van der Waals surface area contributed by atoms with Crippen LogP contribution < -0.4 is 5.32 Å². The molecule has 1 heterocycles. The minimum Gasteiger partial charge on any atom is -0.459 e. The SMILES string of the molecule is CC1=C(C(=O)OC2CCCC2)[C@@H](c2ccc(F)cc2)C2=C(C[C@H](c3ccccc3)CC2=O)N1. The van der Waals surface area contributed by atoms with Crippen LogP contribution in [-0.4, -0.2) is 17.9 Å². The number of allylic oxidation sites excluding steroid dienone is 3. The number of dihydropyridines is 1. The highest BCUT2D eigenvalue weighted by Gasteiger charge is 2.42. The summed E-state index contributed by atoms with van der Waals surface area (Å²) in [4.78, 5) is 26.9. The number of rotatable bonds is 4. The van der Waals surface area contributed by atoms with Crippen molar-refractivity contribution < 1.29 is 18.7 Å². The summed E-state index contributed by atoms with van der Waals surface area (Å²) in [6, 6.07) is 16.2. The smallest absolute Gasteiger partial charge is 0.337 e. The molecule has 5 heteroatoms. The molecule has 0 unspecified atom stereocenters. The molecular weight excluding hydrogens is 417 g/mol. The van der Waals surface area contributed by atoms with Gasteiger partial charge in [-0.2, -0.15) is 0 Å². The molecular formula is C28H28FNO3. The zero-order valence-electron chi connectivity index (χ0n) is 18.8. The number of hydrogen-bond donors (Lipinski definition) is 1. The number of benzene rings is 2. The van der Waals surface area contributed by atoms with Gasteiger partial charge in [0, 0.05) is 29.3 Å². The molecule has 1 saturated carbocycles. The molecule has 33 heavy (non-hydrogen) atoms. The fraction of sp³-hybridized carbons (Fsp3) is 0.357. The molecule has 2 aromatic carbocycles. The van der Waals surface area contributed by atoms with Crippen molar-refractivity contribution in [2.45, 2.75) is 63.4 Å². The topological polar surface area (TPSA) is 55.4 Å². The van der Waals surface area contributed by atoms with E-state index in [9.17, 15) is 14.0 Å². The van der Waals surface area contributed by atoms with Gasteiger partial charge in [-0.3, -0.25) is 4.79 Å². The standard InChI is InChI=1S/C28H28FNO3/c1-17-25(28(32)33-22-9-5-6-10-22)26(19-11-13-21(29)14-12-19)27-23(30-17)15-20(16-24(27)31)18-7-3-2-4-8-18/h2-4,7-8,11-14,20,22,26,30H,5-6,9-10,15-16H2,1H3/t20-,26+/m0/s1. The van der Waals surface area contributed by atoms with Crippen molar-refractivity contribution in [2.24, 2.45) is 0 Å². The van der Waals surface area contributed by atoms with Gasteiger partial charge in [0.2, 0.25) is 0 Å². The van der Waals surface area contributed by atoms with Crippen LogP contribution in [-0.2, 0) is 14.3 Å². The first-order valence-electron chi connectivity index (χ1n) is 11.8. The number of esters is 1. The van der Waals surface area contributed by atoms with Gasteiger partial charge in [-0.15, -0.1) is 0 Å². The molecule has 4 nitrogen and oxygen atoms in total. The third-order valence-electron chi connectivity index (χ3n) is 7.10. The quantitative estimate of drug-likeness (QED) is 0.616. The highest BCUT2D eigenvalue weighted by Crippen LogP contribution is 2.46. The van der Waals surface area contributed by atoms with Crippen LogP contribution >= 0.6 is 0 Å². The lowest BCUT2D eigenvalue weighted by atomic mass is 9.72. The van der Waals surface area contributed by atoms with Crippen LogP contribution in [0.5, 0.6) is 0 Å². The lowest BCUT2D eigenvalue weighted by Gasteiger charge is -2.37. The monoisotopic (exact) mass is 445 g/mol. The minimum atomic E-state index is -0.556. The number of Topliss-reactive ketones (excluding diaryl/α,β-unsaturated/α-hetero) is 1. The Morgan fingerprint density at radius 2 is 1.67 bits per heavy atom. The maximum Gasteiger partial charge on any atom is 0.337 e. The molecule has 2 aliphatic carbocycles. The zero-order chi connectivity index (χ0) is 22.9. The molecule has 1 N–H and O–H groups in total. The summed E-state index contributed by atoms with van der Waals surface area (Å²) in [6.45, 7) is 1.86. The fourth-order valence-electron chi connectivity index (χ4n) is 5.48. The molecule has 1 aliphatic heterocycles. The van der Waals surface area contributed by atoms with Crippen LogP contribution in [0.25, 0.3) is 0 Å². The van der Waals surface area contributed by atoms with Gasteiger partial charge in [-0.05, 0) is 68.2 Å². The number of halogens is 1. The predicted molar refractivity (Wildman–Crippen MR) is 124 cm³/mol. The highest BCUT2D eigenvalue weighted by atomic mass is 19.1. The van der Waals surface area contributed by atoms with Gasteiger partial charge in [0.25, 0.3) is 0 Å². The first kappa shape index (κ1) is 21.6. The number of ketones is 1. The summed E-state index contributed by atoms with van der Waals surface area (Å²) in [5.74, 6) is -1.19. The summed E-state index contributed by atoms with van der Waals surface area (Å²) in [5.41, 5.74) is 4.48. The molecule has 170 valence electrons. The van der Waals surface area contributed by atoms with Crippen molar-refractivity contribution in [3.8, 4) is 0 Å². The third-order valence-corrected chi connectivity index (χ3v) is 7.10. The van der Waals surface area contributed by atoms with Crippen LogP contribution in [0.2, 0.25) is 0 Å². The van der Waals surface area contributed by atoms with Gasteiger partial charge >= 0.3 is 5.97 Å². The largest absolute Gasteiger partial charge is 0.459 e. The van der Waals surface area contributed by atoms with E-state index < -0.39 is 5.92 Å². The fourth-order valence-corrected chi connectivity index (χ4v) is 5.48. The number of hydrogen-bond acceptors (Lipinski definition) is 4. The van der Waals surface area contributed by atoms with Crippen molar-refractivity contribution in [2.75, 3.05) is 0 Å². The third kappa shape index (κ3) is 4.24. The maximum atomic E-state index is 13.7. The van der Waals surface area contributed by atoms with Crippen molar-refractivity contribution in [1.82, 2.24) is 5.32 Å². The Morgan fingerprint density at radius 3 is 2.36 bits per heavy atom. The van der Waals surface area contributed by atoms with E-state index in [2.05, 4.69) is 17.4 Å². The van der Waals surface area contributed by atoms with Crippen molar-refractivity contribution in [3.05, 3.63) is 94.1 Å². The van der Waals surface area contributed by atoms with Crippen LogP contribution in [0.1, 0.15) is 68.4 Å². The molecule has 2 atom stereocenters. The van der Waals surface area contributed by atoms with E-state index in [-0.39, 0.29) is 29.6 Å². The maximum absolute atomic E-state index is 13.7. The second kappa shape index (κ2) is 8.97. The first-order valence-corrected chi connectivity index (χ1v) is 11.8. The number of ether oxygens (including phenoxy) is 1. The van der Waals surface area contributed by atoms with E-state index in [1.807, 2.05) is 25.1 Å². The Morgan fingerprint density at radius 1 is 0.970 bits per heavy atom. The Hall–Kier alpha value is -3.21. The summed E-state index contributed by atoms with van der Waals surface area (Å²) in [5, 5.41) is 3.38. The number of carbonyl (C=O) groups is 2. The molecule has 0 amide bonds. The Bertz CT molecular complexity index is 1130.